The zero-order chi connectivity index (χ0) is 20.8. The fourth-order valence-corrected chi connectivity index (χ4v) is 2.53. The van der Waals surface area contributed by atoms with E-state index in [9.17, 15) is 18.4 Å². The number of hydrogen-bond acceptors (Lipinski definition) is 5. The molecule has 0 saturated carbocycles. The van der Waals surface area contributed by atoms with E-state index in [1.54, 1.807) is 32.9 Å². The Morgan fingerprint density at radius 3 is 2.54 bits per heavy atom. The fraction of sp³-hybridized carbons (Fsp3) is 0.368. The van der Waals surface area contributed by atoms with Gasteiger partial charge < -0.3 is 15.4 Å². The first-order valence-corrected chi connectivity index (χ1v) is 8.60. The van der Waals surface area contributed by atoms with Crippen molar-refractivity contribution in [1.29, 1.82) is 0 Å². The summed E-state index contributed by atoms with van der Waals surface area (Å²) in [4.78, 5) is 31.9. The number of nitrogens with one attached hydrogen (secondary N) is 2. The SMILES string of the molecule is CC(=O)Nc1cc(C(C)NC(=O)c2cnc(OCC(F)F)c(C)c2)cc(C)n1. The van der Waals surface area contributed by atoms with Gasteiger partial charge in [0, 0.05) is 24.4 Å². The van der Waals surface area contributed by atoms with E-state index in [0.717, 1.165) is 5.56 Å². The molecule has 9 heteroatoms. The predicted molar refractivity (Wildman–Crippen MR) is 99.6 cm³/mol. The summed E-state index contributed by atoms with van der Waals surface area (Å²) in [6.45, 7) is 5.84. The van der Waals surface area contributed by atoms with Crippen molar-refractivity contribution in [1.82, 2.24) is 15.3 Å². The number of pyridine rings is 2. The molecule has 2 aromatic heterocycles. The van der Waals surface area contributed by atoms with Crippen molar-refractivity contribution in [3.05, 3.63) is 46.8 Å². The summed E-state index contributed by atoms with van der Waals surface area (Å²) in [7, 11) is 0. The first kappa shape index (κ1) is 21.2. The number of halogens is 2. The highest BCUT2D eigenvalue weighted by Crippen LogP contribution is 2.20. The Labute approximate surface area is 161 Å². The number of rotatable bonds is 7. The Morgan fingerprint density at radius 2 is 1.93 bits per heavy atom. The van der Waals surface area contributed by atoms with Gasteiger partial charge >= 0.3 is 0 Å². The maximum absolute atomic E-state index is 12.5. The van der Waals surface area contributed by atoms with E-state index in [4.69, 9.17) is 4.74 Å². The minimum absolute atomic E-state index is 0.0644. The average Bonchev–Trinajstić information content (AvgIpc) is 2.59. The van der Waals surface area contributed by atoms with Gasteiger partial charge in [-0.15, -0.1) is 0 Å². The van der Waals surface area contributed by atoms with Crippen LogP contribution in [0.3, 0.4) is 0 Å². The van der Waals surface area contributed by atoms with Crippen LogP contribution >= 0.6 is 0 Å². The standard InChI is InChI=1S/C19H22F2N4O3/c1-10-5-15(8-22-19(10)28-9-16(20)21)18(27)24-12(3)14-6-11(2)23-17(7-14)25-13(4)26/h5-8,12,16H,9H2,1-4H3,(H,24,27)(H,23,25,26). The zero-order valence-electron chi connectivity index (χ0n) is 16.0. The van der Waals surface area contributed by atoms with Crippen LogP contribution in [0.25, 0.3) is 0 Å². The molecule has 2 rings (SSSR count). The van der Waals surface area contributed by atoms with Crippen molar-refractivity contribution in [2.75, 3.05) is 11.9 Å². The molecule has 2 heterocycles. The Kier molecular flexibility index (Phi) is 6.97. The molecule has 1 unspecified atom stereocenters. The van der Waals surface area contributed by atoms with Crippen LogP contribution in [0.2, 0.25) is 0 Å². The van der Waals surface area contributed by atoms with Crippen molar-refractivity contribution in [3.8, 4) is 5.88 Å². The van der Waals surface area contributed by atoms with E-state index in [1.165, 1.54) is 19.2 Å². The van der Waals surface area contributed by atoms with Gasteiger partial charge in [-0.1, -0.05) is 0 Å². The van der Waals surface area contributed by atoms with Crippen LogP contribution < -0.4 is 15.4 Å². The van der Waals surface area contributed by atoms with E-state index in [-0.39, 0.29) is 29.3 Å². The van der Waals surface area contributed by atoms with Crippen molar-refractivity contribution in [3.63, 3.8) is 0 Å². The lowest BCUT2D eigenvalue weighted by Gasteiger charge is -2.16. The molecule has 0 aliphatic heterocycles. The lowest BCUT2D eigenvalue weighted by Crippen LogP contribution is -2.27. The second-order valence-electron chi connectivity index (χ2n) is 6.35. The number of carbonyl (C=O) groups is 2. The molecule has 2 aromatic rings. The number of amides is 2. The molecule has 0 aliphatic rings. The highest BCUT2D eigenvalue weighted by atomic mass is 19.3. The molecular weight excluding hydrogens is 370 g/mol. The van der Waals surface area contributed by atoms with E-state index < -0.39 is 13.0 Å². The Balaban J connectivity index is 2.11. The number of ether oxygens (including phenoxy) is 1. The van der Waals surface area contributed by atoms with E-state index in [0.29, 0.717) is 17.1 Å². The normalized spacial score (nSPS) is 11.8. The van der Waals surface area contributed by atoms with Crippen LogP contribution in [0.4, 0.5) is 14.6 Å². The van der Waals surface area contributed by atoms with Crippen LogP contribution in [0.15, 0.2) is 24.4 Å². The minimum Gasteiger partial charge on any atom is -0.471 e. The molecule has 0 radical (unpaired) electrons. The maximum atomic E-state index is 12.5. The van der Waals surface area contributed by atoms with Crippen LogP contribution in [-0.4, -0.2) is 34.8 Å². The van der Waals surface area contributed by atoms with Crippen LogP contribution in [0, 0.1) is 13.8 Å². The van der Waals surface area contributed by atoms with E-state index in [2.05, 4.69) is 20.6 Å². The van der Waals surface area contributed by atoms with Gasteiger partial charge in [-0.3, -0.25) is 9.59 Å². The summed E-state index contributed by atoms with van der Waals surface area (Å²) in [6, 6.07) is 4.65. The Hall–Kier alpha value is -3.10. The molecule has 2 amide bonds. The quantitative estimate of drug-likeness (QED) is 0.755. The molecule has 0 fully saturated rings. The number of carbonyl (C=O) groups excluding carboxylic acids is 2. The number of anilines is 1. The number of nitrogens with zero attached hydrogens (tertiary/aromatic N) is 2. The molecule has 0 spiro atoms. The first-order chi connectivity index (χ1) is 13.2. The van der Waals surface area contributed by atoms with Crippen molar-refractivity contribution in [2.24, 2.45) is 0 Å². The lowest BCUT2D eigenvalue weighted by molar-refractivity contribution is -0.114. The van der Waals surface area contributed by atoms with Crippen molar-refractivity contribution >= 4 is 17.6 Å². The van der Waals surface area contributed by atoms with Gasteiger partial charge in [0.05, 0.1) is 11.6 Å². The third-order valence-corrected chi connectivity index (χ3v) is 3.77. The minimum atomic E-state index is -2.60. The van der Waals surface area contributed by atoms with Crippen LogP contribution in [0.1, 0.15) is 47.1 Å². The number of aromatic nitrogens is 2. The van der Waals surface area contributed by atoms with Crippen LogP contribution in [0.5, 0.6) is 5.88 Å². The average molecular weight is 392 g/mol. The summed E-state index contributed by atoms with van der Waals surface area (Å²) in [5.74, 6) is -0.147. The fourth-order valence-electron chi connectivity index (χ4n) is 2.53. The summed E-state index contributed by atoms with van der Waals surface area (Å²) in [5.41, 5.74) is 2.22. The molecular formula is C19H22F2N4O3. The number of alkyl halides is 2. The molecule has 2 N–H and O–H groups in total. The number of aryl methyl sites for hydroxylation is 2. The summed E-state index contributed by atoms with van der Waals surface area (Å²) in [6.07, 6.45) is -1.33. The molecule has 150 valence electrons. The van der Waals surface area contributed by atoms with Crippen LogP contribution in [-0.2, 0) is 4.79 Å². The molecule has 0 saturated heterocycles. The second kappa shape index (κ2) is 9.20. The van der Waals surface area contributed by atoms with E-state index in [1.807, 2.05) is 0 Å². The molecule has 0 aromatic carbocycles. The predicted octanol–water partition coefficient (Wildman–Crippen LogP) is 3.19. The summed E-state index contributed by atoms with van der Waals surface area (Å²) in [5, 5.41) is 5.46. The van der Waals surface area contributed by atoms with Crippen molar-refractivity contribution < 1.29 is 23.1 Å². The van der Waals surface area contributed by atoms with Gasteiger partial charge in [-0.25, -0.2) is 18.7 Å². The van der Waals surface area contributed by atoms with Gasteiger partial charge in [0.25, 0.3) is 12.3 Å². The number of hydrogen-bond donors (Lipinski definition) is 2. The highest BCUT2D eigenvalue weighted by molar-refractivity contribution is 5.94. The molecule has 0 bridgehead atoms. The van der Waals surface area contributed by atoms with Gasteiger partial charge in [-0.2, -0.15) is 0 Å². The molecule has 28 heavy (non-hydrogen) atoms. The largest absolute Gasteiger partial charge is 0.471 e. The zero-order valence-corrected chi connectivity index (χ0v) is 16.0. The van der Waals surface area contributed by atoms with Gasteiger partial charge in [0.1, 0.15) is 5.82 Å². The maximum Gasteiger partial charge on any atom is 0.272 e. The third-order valence-electron chi connectivity index (χ3n) is 3.77. The highest BCUT2D eigenvalue weighted by Gasteiger charge is 2.15. The monoisotopic (exact) mass is 392 g/mol. The van der Waals surface area contributed by atoms with Gasteiger partial charge in [-0.05, 0) is 44.5 Å². The molecule has 0 aliphatic carbocycles. The third kappa shape index (κ3) is 5.97. The molecule has 7 nitrogen and oxygen atoms in total. The van der Waals surface area contributed by atoms with Gasteiger partial charge in [0.15, 0.2) is 6.61 Å². The van der Waals surface area contributed by atoms with E-state index >= 15 is 0 Å². The smallest absolute Gasteiger partial charge is 0.272 e. The first-order valence-electron chi connectivity index (χ1n) is 8.60. The summed E-state index contributed by atoms with van der Waals surface area (Å²) < 4.78 is 29.4. The second-order valence-corrected chi connectivity index (χ2v) is 6.35. The van der Waals surface area contributed by atoms with Gasteiger partial charge in [0.2, 0.25) is 11.8 Å². The lowest BCUT2D eigenvalue weighted by atomic mass is 10.1. The Bertz CT molecular complexity index is 874. The Morgan fingerprint density at radius 1 is 1.21 bits per heavy atom. The molecule has 1 atom stereocenters. The van der Waals surface area contributed by atoms with Crippen molar-refractivity contribution in [2.45, 2.75) is 40.2 Å². The topological polar surface area (TPSA) is 93.2 Å². The summed E-state index contributed by atoms with van der Waals surface area (Å²) >= 11 is 0.